The van der Waals surface area contributed by atoms with Gasteiger partial charge in [-0.3, -0.25) is 14.5 Å². The minimum atomic E-state index is -0.680. The molecule has 2 fully saturated rings. The molecule has 0 spiro atoms. The SMILES string of the molecule is COc1ccc(CN(C(=O)CN2C(=O)NC(Cc3c[nH]c4ccccc34)C2=O)C2CC2)cc1. The Morgan fingerprint density at radius 3 is 2.61 bits per heavy atom. The van der Waals surface area contributed by atoms with E-state index in [4.69, 9.17) is 4.74 Å². The molecule has 0 radical (unpaired) electrons. The third-order valence-electron chi connectivity index (χ3n) is 6.32. The maximum atomic E-state index is 13.1. The number of benzene rings is 2. The lowest BCUT2D eigenvalue weighted by molar-refractivity contribution is -0.138. The Morgan fingerprint density at radius 2 is 1.88 bits per heavy atom. The Hall–Kier alpha value is -3.81. The first-order valence-corrected chi connectivity index (χ1v) is 11.1. The van der Waals surface area contributed by atoms with Gasteiger partial charge in [0.25, 0.3) is 5.91 Å². The zero-order valence-corrected chi connectivity index (χ0v) is 18.4. The Kier molecular flexibility index (Phi) is 5.50. The highest BCUT2D eigenvalue weighted by Gasteiger charge is 2.41. The first kappa shape index (κ1) is 21.1. The Morgan fingerprint density at radius 1 is 1.12 bits per heavy atom. The zero-order valence-electron chi connectivity index (χ0n) is 18.4. The van der Waals surface area contributed by atoms with Gasteiger partial charge in [0, 0.05) is 36.1 Å². The smallest absolute Gasteiger partial charge is 0.325 e. The molecule has 8 nitrogen and oxygen atoms in total. The molecule has 1 unspecified atom stereocenters. The molecule has 2 heterocycles. The van der Waals surface area contributed by atoms with E-state index in [1.165, 1.54) is 0 Å². The number of carbonyl (C=O) groups excluding carboxylic acids is 3. The Labute approximate surface area is 191 Å². The highest BCUT2D eigenvalue weighted by molar-refractivity contribution is 6.06. The number of methoxy groups -OCH3 is 1. The van der Waals surface area contributed by atoms with Crippen LogP contribution in [0.1, 0.15) is 24.0 Å². The molecule has 1 saturated heterocycles. The number of nitrogens with zero attached hydrogens (tertiary/aromatic N) is 2. The summed E-state index contributed by atoms with van der Waals surface area (Å²) in [6.07, 6.45) is 4.11. The van der Waals surface area contributed by atoms with E-state index in [0.717, 1.165) is 45.5 Å². The maximum absolute atomic E-state index is 13.1. The number of amides is 4. The van der Waals surface area contributed by atoms with Crippen molar-refractivity contribution in [2.45, 2.75) is 37.9 Å². The number of para-hydroxylation sites is 1. The Bertz CT molecular complexity index is 1200. The van der Waals surface area contributed by atoms with Gasteiger partial charge in [0.2, 0.25) is 5.91 Å². The highest BCUT2D eigenvalue weighted by atomic mass is 16.5. The van der Waals surface area contributed by atoms with E-state index in [2.05, 4.69) is 10.3 Å². The summed E-state index contributed by atoms with van der Waals surface area (Å²) in [6, 6.07) is 14.4. The number of urea groups is 1. The van der Waals surface area contributed by atoms with Crippen LogP contribution in [-0.2, 0) is 22.6 Å². The molecule has 5 rings (SSSR count). The topological polar surface area (TPSA) is 94.7 Å². The van der Waals surface area contributed by atoms with E-state index in [9.17, 15) is 14.4 Å². The number of hydrogen-bond donors (Lipinski definition) is 2. The average molecular weight is 447 g/mol. The molecule has 1 aromatic heterocycles. The number of rotatable bonds is 8. The van der Waals surface area contributed by atoms with Crippen LogP contribution in [0.15, 0.2) is 54.7 Å². The molecule has 1 aliphatic heterocycles. The van der Waals surface area contributed by atoms with Gasteiger partial charge in [0.1, 0.15) is 18.3 Å². The number of imide groups is 1. The van der Waals surface area contributed by atoms with Crippen LogP contribution in [-0.4, -0.2) is 58.4 Å². The predicted octanol–water partition coefficient (Wildman–Crippen LogP) is 2.83. The van der Waals surface area contributed by atoms with Crippen molar-refractivity contribution in [1.82, 2.24) is 20.1 Å². The minimum absolute atomic E-state index is 0.155. The Balaban J connectivity index is 1.26. The van der Waals surface area contributed by atoms with E-state index in [-0.39, 0.29) is 24.4 Å². The maximum Gasteiger partial charge on any atom is 0.325 e. The van der Waals surface area contributed by atoms with Crippen molar-refractivity contribution < 1.29 is 19.1 Å². The second kappa shape index (κ2) is 8.61. The molecule has 2 N–H and O–H groups in total. The molecule has 1 atom stereocenters. The fourth-order valence-electron chi connectivity index (χ4n) is 4.35. The summed E-state index contributed by atoms with van der Waals surface area (Å²) in [4.78, 5) is 44.7. The third kappa shape index (κ3) is 4.28. The molecule has 0 bridgehead atoms. The average Bonchev–Trinajstić information content (AvgIpc) is 3.55. The van der Waals surface area contributed by atoms with E-state index in [1.807, 2.05) is 54.7 Å². The minimum Gasteiger partial charge on any atom is -0.497 e. The first-order chi connectivity index (χ1) is 16.0. The number of carbonyl (C=O) groups is 3. The molecule has 170 valence electrons. The van der Waals surface area contributed by atoms with Crippen LogP contribution in [0.3, 0.4) is 0 Å². The molecular weight excluding hydrogens is 420 g/mol. The molecule has 3 aromatic rings. The largest absolute Gasteiger partial charge is 0.497 e. The predicted molar refractivity (Wildman–Crippen MR) is 123 cm³/mol. The summed E-state index contributed by atoms with van der Waals surface area (Å²) in [6.45, 7) is 0.192. The van der Waals surface area contributed by atoms with Gasteiger partial charge in [0.15, 0.2) is 0 Å². The lowest BCUT2D eigenvalue weighted by Crippen LogP contribution is -2.44. The van der Waals surface area contributed by atoms with Gasteiger partial charge in [-0.15, -0.1) is 0 Å². The van der Waals surface area contributed by atoms with Crippen LogP contribution in [0.5, 0.6) is 5.75 Å². The van der Waals surface area contributed by atoms with Gasteiger partial charge in [-0.1, -0.05) is 30.3 Å². The van der Waals surface area contributed by atoms with Crippen molar-refractivity contribution in [2.75, 3.05) is 13.7 Å². The number of H-pyrrole nitrogens is 1. The second-order valence-electron chi connectivity index (χ2n) is 8.59. The van der Waals surface area contributed by atoms with E-state index >= 15 is 0 Å². The summed E-state index contributed by atoms with van der Waals surface area (Å²) < 4.78 is 5.19. The van der Waals surface area contributed by atoms with E-state index in [1.54, 1.807) is 12.0 Å². The second-order valence-corrected chi connectivity index (χ2v) is 8.59. The highest BCUT2D eigenvalue weighted by Crippen LogP contribution is 2.29. The number of nitrogens with one attached hydrogen (secondary N) is 2. The van der Waals surface area contributed by atoms with Crippen LogP contribution >= 0.6 is 0 Å². The molecule has 1 aliphatic carbocycles. The van der Waals surface area contributed by atoms with Crippen LogP contribution in [0, 0.1) is 0 Å². The number of aromatic amines is 1. The summed E-state index contributed by atoms with van der Waals surface area (Å²) in [5.41, 5.74) is 2.91. The number of ether oxygens (including phenoxy) is 1. The molecule has 2 aliphatic rings. The summed E-state index contributed by atoms with van der Waals surface area (Å²) in [5.74, 6) is 0.173. The summed E-state index contributed by atoms with van der Waals surface area (Å²) in [5, 5.41) is 3.77. The molecule has 8 heteroatoms. The zero-order chi connectivity index (χ0) is 22.9. The van der Waals surface area contributed by atoms with Gasteiger partial charge in [-0.2, -0.15) is 0 Å². The lowest BCUT2D eigenvalue weighted by atomic mass is 10.1. The van der Waals surface area contributed by atoms with Crippen molar-refractivity contribution >= 4 is 28.7 Å². The fraction of sp³-hybridized carbons (Fsp3) is 0.320. The van der Waals surface area contributed by atoms with Crippen molar-refractivity contribution in [1.29, 1.82) is 0 Å². The molecule has 2 aromatic carbocycles. The molecule has 1 saturated carbocycles. The quantitative estimate of drug-likeness (QED) is 0.520. The fourth-order valence-corrected chi connectivity index (χ4v) is 4.35. The van der Waals surface area contributed by atoms with Crippen LogP contribution in [0.4, 0.5) is 4.79 Å². The van der Waals surface area contributed by atoms with Gasteiger partial charge in [-0.05, 0) is 42.2 Å². The van der Waals surface area contributed by atoms with Crippen LogP contribution in [0.2, 0.25) is 0 Å². The van der Waals surface area contributed by atoms with Crippen molar-refractivity contribution in [3.05, 3.63) is 65.9 Å². The number of fused-ring (bicyclic) bond motifs is 1. The lowest BCUT2D eigenvalue weighted by Gasteiger charge is -2.24. The number of aromatic nitrogens is 1. The van der Waals surface area contributed by atoms with Gasteiger partial charge in [-0.25, -0.2) is 4.79 Å². The van der Waals surface area contributed by atoms with Crippen molar-refractivity contribution in [3.63, 3.8) is 0 Å². The van der Waals surface area contributed by atoms with Gasteiger partial charge in [0.05, 0.1) is 7.11 Å². The summed E-state index contributed by atoms with van der Waals surface area (Å²) in [7, 11) is 1.61. The third-order valence-corrected chi connectivity index (χ3v) is 6.32. The summed E-state index contributed by atoms with van der Waals surface area (Å²) >= 11 is 0. The first-order valence-electron chi connectivity index (χ1n) is 11.1. The number of hydrogen-bond acceptors (Lipinski definition) is 4. The monoisotopic (exact) mass is 446 g/mol. The molecular formula is C25H26N4O4. The normalized spacial score (nSPS) is 18.0. The van der Waals surface area contributed by atoms with E-state index in [0.29, 0.717) is 13.0 Å². The van der Waals surface area contributed by atoms with Crippen molar-refractivity contribution in [2.24, 2.45) is 0 Å². The van der Waals surface area contributed by atoms with Crippen molar-refractivity contribution in [3.8, 4) is 5.75 Å². The molecule has 4 amide bonds. The molecule has 33 heavy (non-hydrogen) atoms. The van der Waals surface area contributed by atoms with Gasteiger partial charge < -0.3 is 19.9 Å². The standard InChI is InChI=1S/C25H26N4O4/c1-33-19-10-6-16(7-11-19)14-28(18-8-9-18)23(30)15-29-24(31)22(27-25(29)32)12-17-13-26-21-5-3-2-4-20(17)21/h2-7,10-11,13,18,22,26H,8-9,12,14-15H2,1H3,(H,27,32). The van der Waals surface area contributed by atoms with Crippen LogP contribution in [0.25, 0.3) is 10.9 Å². The van der Waals surface area contributed by atoms with Crippen LogP contribution < -0.4 is 10.1 Å². The van der Waals surface area contributed by atoms with E-state index < -0.39 is 12.1 Å². The van der Waals surface area contributed by atoms with Gasteiger partial charge >= 0.3 is 6.03 Å².